The number of nitrogens with zero attached hydrogens (tertiary/aromatic N) is 1. The number of amides is 1. The van der Waals surface area contributed by atoms with Crippen molar-refractivity contribution in [1.29, 1.82) is 0 Å². The Bertz CT molecular complexity index is 467. The van der Waals surface area contributed by atoms with Gasteiger partial charge >= 0.3 is 0 Å². The number of carbonyl (C=O) groups is 1. The van der Waals surface area contributed by atoms with E-state index in [0.717, 1.165) is 5.69 Å². The van der Waals surface area contributed by atoms with Crippen LogP contribution in [-0.2, 0) is 0 Å². The van der Waals surface area contributed by atoms with Crippen molar-refractivity contribution >= 4 is 35.6 Å². The van der Waals surface area contributed by atoms with E-state index in [2.05, 4.69) is 22.9 Å². The minimum Gasteiger partial charge on any atom is -0.321 e. The molecule has 1 N–H and O–H groups in total. The molecule has 0 radical (unpaired) electrons. The van der Waals surface area contributed by atoms with Gasteiger partial charge in [0.05, 0.1) is 9.72 Å². The molecule has 0 aliphatic rings. The van der Waals surface area contributed by atoms with Crippen LogP contribution >= 0.6 is 24.0 Å². The SMILES string of the molecule is O=C(Nc1ccccc1)c1ncsc1S. The highest BCUT2D eigenvalue weighted by molar-refractivity contribution is 7.82. The van der Waals surface area contributed by atoms with Crippen LogP contribution in [0.4, 0.5) is 5.69 Å². The molecule has 0 saturated heterocycles. The summed E-state index contributed by atoms with van der Waals surface area (Å²) in [4.78, 5) is 15.6. The summed E-state index contributed by atoms with van der Waals surface area (Å²) >= 11 is 5.49. The van der Waals surface area contributed by atoms with Crippen molar-refractivity contribution in [3.05, 3.63) is 41.5 Å². The van der Waals surface area contributed by atoms with Crippen molar-refractivity contribution in [2.75, 3.05) is 5.32 Å². The van der Waals surface area contributed by atoms with Crippen LogP contribution in [0.1, 0.15) is 10.5 Å². The second-order valence-electron chi connectivity index (χ2n) is 2.83. The molecule has 15 heavy (non-hydrogen) atoms. The van der Waals surface area contributed by atoms with Crippen LogP contribution in [0.25, 0.3) is 0 Å². The summed E-state index contributed by atoms with van der Waals surface area (Å²) in [6.45, 7) is 0. The van der Waals surface area contributed by atoms with Gasteiger partial charge in [-0.1, -0.05) is 18.2 Å². The fraction of sp³-hybridized carbons (Fsp3) is 0. The first-order valence-corrected chi connectivity index (χ1v) is 5.59. The zero-order valence-corrected chi connectivity index (χ0v) is 9.39. The molecule has 3 nitrogen and oxygen atoms in total. The molecular weight excluding hydrogens is 228 g/mol. The lowest BCUT2D eigenvalue weighted by atomic mass is 10.3. The summed E-state index contributed by atoms with van der Waals surface area (Å²) in [6.07, 6.45) is 0. The number of hydrogen-bond acceptors (Lipinski definition) is 4. The van der Waals surface area contributed by atoms with Crippen molar-refractivity contribution in [2.45, 2.75) is 4.21 Å². The molecule has 1 amide bonds. The molecule has 2 aromatic rings. The van der Waals surface area contributed by atoms with Gasteiger partial charge in [-0.15, -0.1) is 24.0 Å². The summed E-state index contributed by atoms with van der Waals surface area (Å²) in [5.41, 5.74) is 2.72. The Labute approximate surface area is 96.6 Å². The third-order valence-electron chi connectivity index (χ3n) is 1.80. The molecule has 0 unspecified atom stereocenters. The Hall–Kier alpha value is -1.33. The van der Waals surface area contributed by atoms with Gasteiger partial charge in [0, 0.05) is 5.69 Å². The maximum atomic E-state index is 11.7. The maximum Gasteiger partial charge on any atom is 0.276 e. The number of aromatic nitrogens is 1. The number of benzene rings is 1. The fourth-order valence-electron chi connectivity index (χ4n) is 1.11. The molecule has 0 aliphatic carbocycles. The Balaban J connectivity index is 2.15. The number of rotatable bonds is 2. The predicted molar refractivity (Wildman–Crippen MR) is 63.8 cm³/mol. The molecule has 2 rings (SSSR count). The lowest BCUT2D eigenvalue weighted by Crippen LogP contribution is -2.12. The van der Waals surface area contributed by atoms with Crippen LogP contribution < -0.4 is 5.32 Å². The summed E-state index contributed by atoms with van der Waals surface area (Å²) in [5, 5.41) is 2.74. The second kappa shape index (κ2) is 4.46. The van der Waals surface area contributed by atoms with Crippen LogP contribution in [0.2, 0.25) is 0 Å². The second-order valence-corrected chi connectivity index (χ2v) is 4.43. The first-order chi connectivity index (χ1) is 7.27. The molecule has 0 atom stereocenters. The van der Waals surface area contributed by atoms with Crippen LogP contribution in [0.5, 0.6) is 0 Å². The topological polar surface area (TPSA) is 42.0 Å². The Morgan fingerprint density at radius 3 is 2.67 bits per heavy atom. The lowest BCUT2D eigenvalue weighted by Gasteiger charge is -2.02. The van der Waals surface area contributed by atoms with E-state index in [0.29, 0.717) is 9.90 Å². The maximum absolute atomic E-state index is 11.7. The number of hydrogen-bond donors (Lipinski definition) is 2. The lowest BCUT2D eigenvalue weighted by molar-refractivity contribution is 0.102. The summed E-state index contributed by atoms with van der Waals surface area (Å²) in [7, 11) is 0. The average Bonchev–Trinajstić information content (AvgIpc) is 2.66. The van der Waals surface area contributed by atoms with Crippen molar-refractivity contribution in [1.82, 2.24) is 4.98 Å². The largest absolute Gasteiger partial charge is 0.321 e. The number of carbonyl (C=O) groups excluding carboxylic acids is 1. The van der Waals surface area contributed by atoms with Gasteiger partial charge in [-0.25, -0.2) is 4.98 Å². The molecule has 0 fully saturated rings. The third-order valence-corrected chi connectivity index (χ3v) is 2.95. The van der Waals surface area contributed by atoms with Crippen molar-refractivity contribution in [3.8, 4) is 0 Å². The molecule has 0 bridgehead atoms. The molecular formula is C10H8N2OS2. The first kappa shape index (κ1) is 10.2. The van der Waals surface area contributed by atoms with Crippen LogP contribution in [0.15, 0.2) is 40.1 Å². The molecule has 1 heterocycles. The summed E-state index contributed by atoms with van der Waals surface area (Å²) in [5.74, 6) is -0.229. The molecule has 1 aromatic carbocycles. The van der Waals surface area contributed by atoms with Crippen molar-refractivity contribution in [3.63, 3.8) is 0 Å². The highest BCUT2D eigenvalue weighted by Crippen LogP contribution is 2.18. The molecule has 0 spiro atoms. The van der Waals surface area contributed by atoms with E-state index in [-0.39, 0.29) is 5.91 Å². The predicted octanol–water partition coefficient (Wildman–Crippen LogP) is 2.68. The number of thiol groups is 1. The third kappa shape index (κ3) is 2.37. The van der Waals surface area contributed by atoms with E-state index in [1.165, 1.54) is 11.3 Å². The minimum absolute atomic E-state index is 0.229. The van der Waals surface area contributed by atoms with E-state index in [1.807, 2.05) is 30.3 Å². The minimum atomic E-state index is -0.229. The Kier molecular flexibility index (Phi) is 3.03. The molecule has 76 valence electrons. The van der Waals surface area contributed by atoms with Gasteiger partial charge in [0.1, 0.15) is 0 Å². The van der Waals surface area contributed by atoms with Crippen molar-refractivity contribution < 1.29 is 4.79 Å². The van der Waals surface area contributed by atoms with Crippen LogP contribution in [0, 0.1) is 0 Å². The zero-order valence-electron chi connectivity index (χ0n) is 7.68. The van der Waals surface area contributed by atoms with E-state index in [9.17, 15) is 4.79 Å². The van der Waals surface area contributed by atoms with Gasteiger partial charge in [0.15, 0.2) is 5.69 Å². The number of para-hydroxylation sites is 1. The molecule has 1 aromatic heterocycles. The molecule has 5 heteroatoms. The van der Waals surface area contributed by atoms with Crippen LogP contribution in [0.3, 0.4) is 0 Å². The highest BCUT2D eigenvalue weighted by Gasteiger charge is 2.12. The highest BCUT2D eigenvalue weighted by atomic mass is 32.2. The van der Waals surface area contributed by atoms with E-state index in [1.54, 1.807) is 5.51 Å². The van der Waals surface area contributed by atoms with Gasteiger partial charge in [0.25, 0.3) is 5.91 Å². The van der Waals surface area contributed by atoms with E-state index >= 15 is 0 Å². The van der Waals surface area contributed by atoms with Gasteiger partial charge in [-0.2, -0.15) is 0 Å². The summed E-state index contributed by atoms with van der Waals surface area (Å²) in [6, 6.07) is 9.25. The Morgan fingerprint density at radius 1 is 1.33 bits per heavy atom. The standard InChI is InChI=1S/C10H8N2OS2/c13-9(8-10(14)15-6-11-8)12-7-4-2-1-3-5-7/h1-6,14H,(H,12,13). The van der Waals surface area contributed by atoms with Crippen molar-refractivity contribution in [2.24, 2.45) is 0 Å². The normalized spacial score (nSPS) is 9.93. The zero-order chi connectivity index (χ0) is 10.7. The van der Waals surface area contributed by atoms with E-state index < -0.39 is 0 Å². The number of nitrogens with one attached hydrogen (secondary N) is 1. The monoisotopic (exact) mass is 236 g/mol. The number of anilines is 1. The quantitative estimate of drug-likeness (QED) is 0.787. The van der Waals surface area contributed by atoms with Gasteiger partial charge < -0.3 is 5.32 Å². The Morgan fingerprint density at radius 2 is 2.07 bits per heavy atom. The van der Waals surface area contributed by atoms with Gasteiger partial charge in [-0.3, -0.25) is 4.79 Å². The smallest absolute Gasteiger partial charge is 0.276 e. The van der Waals surface area contributed by atoms with Crippen LogP contribution in [-0.4, -0.2) is 10.9 Å². The van der Waals surface area contributed by atoms with Gasteiger partial charge in [-0.05, 0) is 12.1 Å². The van der Waals surface area contributed by atoms with Gasteiger partial charge in [0.2, 0.25) is 0 Å². The first-order valence-electron chi connectivity index (χ1n) is 4.26. The fourth-order valence-corrected chi connectivity index (χ4v) is 1.92. The molecule has 0 aliphatic heterocycles. The van der Waals surface area contributed by atoms with E-state index in [4.69, 9.17) is 0 Å². The summed E-state index contributed by atoms with van der Waals surface area (Å²) < 4.78 is 0.628. The number of thiazole rings is 1. The molecule has 0 saturated carbocycles. The average molecular weight is 236 g/mol.